The van der Waals surface area contributed by atoms with Crippen molar-refractivity contribution in [2.75, 3.05) is 24.7 Å². The number of hydrogen-bond acceptors (Lipinski definition) is 5. The van der Waals surface area contributed by atoms with E-state index in [2.05, 4.69) is 15.0 Å². The number of esters is 1. The Morgan fingerprint density at radius 3 is 2.75 bits per heavy atom. The summed E-state index contributed by atoms with van der Waals surface area (Å²) in [5.41, 5.74) is 8.74. The van der Waals surface area contributed by atoms with Crippen molar-refractivity contribution in [3.05, 3.63) is 53.9 Å². The molecule has 5 heteroatoms. The molecule has 0 aliphatic rings. The number of nitrogens with one attached hydrogen (secondary N) is 1. The summed E-state index contributed by atoms with van der Waals surface area (Å²) in [6, 6.07) is 11.3. The first-order chi connectivity index (χ1) is 9.69. The normalized spacial score (nSPS) is 10.1. The van der Waals surface area contributed by atoms with E-state index in [1.165, 1.54) is 12.7 Å². The van der Waals surface area contributed by atoms with E-state index in [4.69, 9.17) is 5.73 Å². The van der Waals surface area contributed by atoms with Crippen molar-refractivity contribution < 1.29 is 9.53 Å². The Kier molecular flexibility index (Phi) is 4.55. The van der Waals surface area contributed by atoms with Crippen LogP contribution in [-0.4, -0.2) is 24.6 Å². The van der Waals surface area contributed by atoms with Crippen LogP contribution in [0.3, 0.4) is 0 Å². The molecule has 0 saturated heterocycles. The summed E-state index contributed by atoms with van der Waals surface area (Å²) in [5, 5.41) is 3.25. The summed E-state index contributed by atoms with van der Waals surface area (Å²) in [4.78, 5) is 15.3. The minimum Gasteiger partial charge on any atom is -0.464 e. The number of anilines is 2. The number of aromatic nitrogens is 1. The molecule has 0 radical (unpaired) electrons. The maximum absolute atomic E-state index is 11.4. The van der Waals surface area contributed by atoms with Crippen LogP contribution < -0.4 is 11.1 Å². The summed E-state index contributed by atoms with van der Waals surface area (Å²) in [6.45, 7) is 0.758. The van der Waals surface area contributed by atoms with Crippen LogP contribution in [0.15, 0.2) is 42.6 Å². The Morgan fingerprint density at radius 1 is 1.30 bits per heavy atom. The summed E-state index contributed by atoms with van der Waals surface area (Å²) < 4.78 is 4.64. The Labute approximate surface area is 117 Å². The van der Waals surface area contributed by atoms with Crippen molar-refractivity contribution >= 4 is 17.3 Å². The van der Waals surface area contributed by atoms with E-state index in [-0.39, 0.29) is 0 Å². The molecule has 0 aliphatic heterocycles. The van der Waals surface area contributed by atoms with Gasteiger partial charge in [-0.25, -0.2) is 9.78 Å². The topological polar surface area (TPSA) is 77.2 Å². The minimum atomic E-state index is -0.438. The van der Waals surface area contributed by atoms with E-state index in [9.17, 15) is 4.79 Å². The van der Waals surface area contributed by atoms with Crippen LogP contribution in [0.1, 0.15) is 16.1 Å². The van der Waals surface area contributed by atoms with Crippen molar-refractivity contribution in [2.24, 2.45) is 0 Å². The van der Waals surface area contributed by atoms with E-state index >= 15 is 0 Å². The van der Waals surface area contributed by atoms with Crippen LogP contribution in [0, 0.1) is 0 Å². The van der Waals surface area contributed by atoms with Crippen LogP contribution in [0.2, 0.25) is 0 Å². The second-order valence-electron chi connectivity index (χ2n) is 4.34. The Balaban J connectivity index is 1.91. The molecule has 104 valence electrons. The van der Waals surface area contributed by atoms with Gasteiger partial charge in [-0.3, -0.25) is 0 Å². The zero-order valence-electron chi connectivity index (χ0n) is 11.3. The van der Waals surface area contributed by atoms with E-state index in [0.29, 0.717) is 5.69 Å². The highest BCUT2D eigenvalue weighted by atomic mass is 16.5. The number of carbonyl (C=O) groups is 1. The largest absolute Gasteiger partial charge is 0.464 e. The molecular formula is C15H17N3O2. The molecule has 0 amide bonds. The molecule has 0 spiro atoms. The number of benzene rings is 1. The van der Waals surface area contributed by atoms with Gasteiger partial charge in [0.15, 0.2) is 0 Å². The molecule has 0 atom stereocenters. The molecule has 0 saturated carbocycles. The van der Waals surface area contributed by atoms with Crippen LogP contribution in [0.25, 0.3) is 0 Å². The number of nitrogens with two attached hydrogens (primary N) is 1. The standard InChI is InChI=1S/C15H17N3O2/c1-20-15(19)14-10-13(7-9-18-14)17-8-6-11-2-4-12(16)5-3-11/h2-5,7,9-10H,6,8,16H2,1H3,(H,17,18). The van der Waals surface area contributed by atoms with Gasteiger partial charge in [-0.15, -0.1) is 0 Å². The number of nitrogen functional groups attached to an aromatic ring is 1. The van der Waals surface area contributed by atoms with Crippen molar-refractivity contribution in [3.8, 4) is 0 Å². The van der Waals surface area contributed by atoms with Crippen LogP contribution >= 0.6 is 0 Å². The molecule has 0 aliphatic carbocycles. The van der Waals surface area contributed by atoms with Crippen molar-refractivity contribution in [3.63, 3.8) is 0 Å². The van der Waals surface area contributed by atoms with Crippen molar-refractivity contribution in [2.45, 2.75) is 6.42 Å². The van der Waals surface area contributed by atoms with Gasteiger partial charge in [-0.05, 0) is 36.2 Å². The summed E-state index contributed by atoms with van der Waals surface area (Å²) >= 11 is 0. The van der Waals surface area contributed by atoms with Gasteiger partial charge in [0.05, 0.1) is 7.11 Å². The number of methoxy groups -OCH3 is 1. The van der Waals surface area contributed by atoms with Crippen LogP contribution in [0.4, 0.5) is 11.4 Å². The maximum Gasteiger partial charge on any atom is 0.356 e. The van der Waals surface area contributed by atoms with Gasteiger partial charge >= 0.3 is 5.97 Å². The minimum absolute atomic E-state index is 0.296. The molecule has 20 heavy (non-hydrogen) atoms. The Bertz CT molecular complexity index is 582. The fourth-order valence-electron chi connectivity index (χ4n) is 1.79. The lowest BCUT2D eigenvalue weighted by Gasteiger charge is -2.07. The fraction of sp³-hybridized carbons (Fsp3) is 0.200. The number of ether oxygens (including phenoxy) is 1. The SMILES string of the molecule is COC(=O)c1cc(NCCc2ccc(N)cc2)ccn1. The maximum atomic E-state index is 11.4. The van der Waals surface area contributed by atoms with E-state index < -0.39 is 5.97 Å². The molecule has 2 rings (SSSR count). The van der Waals surface area contributed by atoms with Gasteiger partial charge in [-0.2, -0.15) is 0 Å². The van der Waals surface area contributed by atoms with Gasteiger partial charge in [0, 0.05) is 24.1 Å². The van der Waals surface area contributed by atoms with Crippen LogP contribution in [-0.2, 0) is 11.2 Å². The van der Waals surface area contributed by atoms with Gasteiger partial charge < -0.3 is 15.8 Å². The van der Waals surface area contributed by atoms with Gasteiger partial charge in [0.2, 0.25) is 0 Å². The predicted molar refractivity (Wildman–Crippen MR) is 78.6 cm³/mol. The molecule has 2 aromatic rings. The number of rotatable bonds is 5. The average Bonchev–Trinajstić information content (AvgIpc) is 2.49. The monoisotopic (exact) mass is 271 g/mol. The van der Waals surface area contributed by atoms with Gasteiger partial charge in [0.1, 0.15) is 5.69 Å². The first kappa shape index (κ1) is 13.9. The number of pyridine rings is 1. The lowest BCUT2D eigenvalue weighted by atomic mass is 10.1. The third-order valence-corrected chi connectivity index (χ3v) is 2.88. The van der Waals surface area contributed by atoms with Crippen molar-refractivity contribution in [1.29, 1.82) is 0 Å². The summed E-state index contributed by atoms with van der Waals surface area (Å²) in [6.07, 6.45) is 2.45. The van der Waals surface area contributed by atoms with Crippen LogP contribution in [0.5, 0.6) is 0 Å². The lowest BCUT2D eigenvalue weighted by Crippen LogP contribution is -2.08. The third-order valence-electron chi connectivity index (χ3n) is 2.88. The van der Waals surface area contributed by atoms with E-state index in [1.807, 2.05) is 30.3 Å². The molecule has 0 fully saturated rings. The van der Waals surface area contributed by atoms with Gasteiger partial charge in [-0.1, -0.05) is 12.1 Å². The molecule has 1 aromatic carbocycles. The summed E-state index contributed by atoms with van der Waals surface area (Å²) in [5.74, 6) is -0.438. The zero-order chi connectivity index (χ0) is 14.4. The lowest BCUT2D eigenvalue weighted by molar-refractivity contribution is 0.0594. The Morgan fingerprint density at radius 2 is 2.05 bits per heavy atom. The number of nitrogens with zero attached hydrogens (tertiary/aromatic N) is 1. The first-order valence-corrected chi connectivity index (χ1v) is 6.31. The molecule has 1 aromatic heterocycles. The molecule has 0 unspecified atom stereocenters. The molecular weight excluding hydrogens is 254 g/mol. The Hall–Kier alpha value is -2.56. The highest BCUT2D eigenvalue weighted by Crippen LogP contribution is 2.10. The number of carbonyl (C=O) groups excluding carboxylic acids is 1. The quantitative estimate of drug-likeness (QED) is 0.643. The fourth-order valence-corrected chi connectivity index (χ4v) is 1.79. The first-order valence-electron chi connectivity index (χ1n) is 6.31. The predicted octanol–water partition coefficient (Wildman–Crippen LogP) is 2.10. The second-order valence-corrected chi connectivity index (χ2v) is 4.34. The zero-order valence-corrected chi connectivity index (χ0v) is 11.3. The average molecular weight is 271 g/mol. The van der Waals surface area contributed by atoms with Gasteiger partial charge in [0.25, 0.3) is 0 Å². The molecule has 5 nitrogen and oxygen atoms in total. The molecule has 0 bridgehead atoms. The number of hydrogen-bond donors (Lipinski definition) is 2. The second kappa shape index (κ2) is 6.56. The van der Waals surface area contributed by atoms with Crippen molar-refractivity contribution in [1.82, 2.24) is 4.98 Å². The third kappa shape index (κ3) is 3.71. The molecule has 1 heterocycles. The smallest absolute Gasteiger partial charge is 0.356 e. The highest BCUT2D eigenvalue weighted by Gasteiger charge is 2.06. The van der Waals surface area contributed by atoms with E-state index in [1.54, 1.807) is 12.3 Å². The summed E-state index contributed by atoms with van der Waals surface area (Å²) in [7, 11) is 1.34. The molecule has 3 N–H and O–H groups in total. The van der Waals surface area contributed by atoms with E-state index in [0.717, 1.165) is 24.3 Å². The highest BCUT2D eigenvalue weighted by molar-refractivity contribution is 5.88.